The number of nitrogens with zero attached hydrogens (tertiary/aromatic N) is 2. The highest BCUT2D eigenvalue weighted by Crippen LogP contribution is 2.51. The number of ether oxygens (including phenoxy) is 1. The number of nitrogens with one attached hydrogen (secondary N) is 2. The first-order valence-electron chi connectivity index (χ1n) is 18.0. The van der Waals surface area contributed by atoms with Gasteiger partial charge >= 0.3 is 12.1 Å². The number of aliphatic carboxylic acids is 1. The number of nitrogens with two attached hydrogens (primary N) is 1. The first kappa shape index (κ1) is 40.5. The SMILES string of the molecule is CC(C)CC(CP(=O)(O)C(CC1CCCCC1)NC(=O)C(Cc1cnc[nH]1)N(C(=O)OCc1ccccc1)C(=O)C(N)Cc1ccccc1)C(=O)O. The molecule has 3 aromatic rings. The van der Waals surface area contributed by atoms with Crippen LogP contribution < -0.4 is 11.1 Å². The van der Waals surface area contributed by atoms with E-state index in [1.54, 1.807) is 54.6 Å². The van der Waals surface area contributed by atoms with Crippen molar-refractivity contribution in [2.24, 2.45) is 23.5 Å². The normalized spacial score (nSPS) is 16.9. The van der Waals surface area contributed by atoms with Crippen LogP contribution in [0.4, 0.5) is 4.79 Å². The first-order valence-corrected chi connectivity index (χ1v) is 19.9. The Balaban J connectivity index is 1.71. The van der Waals surface area contributed by atoms with Crippen molar-refractivity contribution in [3.05, 3.63) is 90.0 Å². The topological polar surface area (TPSA) is 205 Å². The van der Waals surface area contributed by atoms with Gasteiger partial charge in [0.05, 0.1) is 18.3 Å². The molecule has 3 amide bonds. The minimum absolute atomic E-state index is 0.0202. The standard InChI is InChI=1S/C38H52N5O8P/c1-26(2)18-30(37(46)47)24-52(49,50)34(20-28-14-8-4-9-15-28)42-35(44)33(21-31-22-40-25-41-31)43(38(48)51-23-29-16-10-5-11-17-29)36(45)32(39)19-27-12-6-3-7-13-27/h3,5-7,10-13,16-17,22,25-26,28,30,32-34H,4,8-9,14-15,18-21,23-24,39H2,1-2H3,(H,40,41)(H,42,44)(H,46,47)(H,49,50). The van der Waals surface area contributed by atoms with E-state index in [0.29, 0.717) is 16.2 Å². The van der Waals surface area contributed by atoms with Crippen molar-refractivity contribution < 1.29 is 38.5 Å². The number of aromatic amines is 1. The number of aromatic nitrogens is 2. The van der Waals surface area contributed by atoms with Gasteiger partial charge in [-0.05, 0) is 42.2 Å². The van der Waals surface area contributed by atoms with Crippen LogP contribution in [0.5, 0.6) is 0 Å². The van der Waals surface area contributed by atoms with E-state index in [2.05, 4.69) is 15.3 Å². The van der Waals surface area contributed by atoms with Gasteiger partial charge in [-0.1, -0.05) is 107 Å². The molecule has 0 spiro atoms. The van der Waals surface area contributed by atoms with Crippen LogP contribution in [0, 0.1) is 17.8 Å². The number of imidazole rings is 1. The molecule has 0 saturated heterocycles. The lowest BCUT2D eigenvalue weighted by atomic mass is 9.87. The molecule has 0 aliphatic heterocycles. The third-order valence-corrected chi connectivity index (χ3v) is 11.8. The molecule has 1 heterocycles. The Morgan fingerprint density at radius 3 is 2.21 bits per heavy atom. The summed E-state index contributed by atoms with van der Waals surface area (Å²) in [5.41, 5.74) is 8.22. The molecule has 52 heavy (non-hydrogen) atoms. The molecule has 282 valence electrons. The Bertz CT molecular complexity index is 1630. The lowest BCUT2D eigenvalue weighted by Gasteiger charge is -2.34. The molecule has 5 unspecified atom stereocenters. The predicted octanol–water partition coefficient (Wildman–Crippen LogP) is 5.49. The lowest BCUT2D eigenvalue weighted by Crippen LogP contribution is -2.59. The second-order valence-corrected chi connectivity index (χ2v) is 16.7. The van der Waals surface area contributed by atoms with Crippen molar-refractivity contribution in [1.82, 2.24) is 20.2 Å². The van der Waals surface area contributed by atoms with Crippen molar-refractivity contribution in [2.75, 3.05) is 6.16 Å². The molecule has 0 radical (unpaired) electrons. The average Bonchev–Trinajstić information content (AvgIpc) is 3.64. The summed E-state index contributed by atoms with van der Waals surface area (Å²) in [6.45, 7) is 3.48. The molecule has 1 aliphatic rings. The molecule has 1 aromatic heterocycles. The molecule has 1 fully saturated rings. The van der Waals surface area contributed by atoms with E-state index < -0.39 is 61.2 Å². The van der Waals surface area contributed by atoms with Gasteiger partial charge in [-0.2, -0.15) is 0 Å². The monoisotopic (exact) mass is 737 g/mol. The number of benzene rings is 2. The lowest BCUT2D eigenvalue weighted by molar-refractivity contribution is -0.141. The van der Waals surface area contributed by atoms with Crippen LogP contribution in [0.2, 0.25) is 0 Å². The minimum atomic E-state index is -4.37. The van der Waals surface area contributed by atoms with Gasteiger partial charge in [0.2, 0.25) is 19.2 Å². The number of carboxylic acid groups (broad SMARTS) is 1. The Morgan fingerprint density at radius 2 is 1.63 bits per heavy atom. The van der Waals surface area contributed by atoms with Crippen molar-refractivity contribution in [2.45, 2.75) is 96.1 Å². The predicted molar refractivity (Wildman–Crippen MR) is 196 cm³/mol. The number of hydrogen-bond donors (Lipinski definition) is 5. The van der Waals surface area contributed by atoms with E-state index in [9.17, 15) is 33.7 Å². The zero-order valence-corrected chi connectivity index (χ0v) is 30.8. The summed E-state index contributed by atoms with van der Waals surface area (Å²) in [6, 6.07) is 15.0. The van der Waals surface area contributed by atoms with Gasteiger partial charge < -0.3 is 30.8 Å². The van der Waals surface area contributed by atoms with Gasteiger partial charge in [-0.25, -0.2) is 14.7 Å². The summed E-state index contributed by atoms with van der Waals surface area (Å²) in [7, 11) is -4.37. The maximum Gasteiger partial charge on any atom is 0.417 e. The third kappa shape index (κ3) is 12.1. The van der Waals surface area contributed by atoms with E-state index >= 15 is 0 Å². The highest BCUT2D eigenvalue weighted by atomic mass is 31.2. The van der Waals surface area contributed by atoms with Crippen molar-refractivity contribution in [3.63, 3.8) is 0 Å². The molecule has 4 rings (SSSR count). The second kappa shape index (κ2) is 19.5. The molecule has 2 aromatic carbocycles. The second-order valence-electron chi connectivity index (χ2n) is 14.2. The number of carbonyl (C=O) groups is 4. The van der Waals surface area contributed by atoms with Crippen molar-refractivity contribution in [1.29, 1.82) is 0 Å². The maximum absolute atomic E-state index is 14.5. The largest absolute Gasteiger partial charge is 0.481 e. The zero-order chi connectivity index (χ0) is 37.7. The number of carboxylic acids is 1. The van der Waals surface area contributed by atoms with E-state index in [1.807, 2.05) is 19.9 Å². The zero-order valence-electron chi connectivity index (χ0n) is 29.9. The fraction of sp³-hybridized carbons (Fsp3) is 0.500. The number of imide groups is 1. The maximum atomic E-state index is 14.5. The Labute approximate surface area is 305 Å². The van der Waals surface area contributed by atoms with Crippen LogP contribution in [-0.2, 0) is 43.1 Å². The number of amides is 3. The number of H-pyrrole nitrogens is 1. The van der Waals surface area contributed by atoms with Gasteiger partial charge in [0.1, 0.15) is 18.4 Å². The van der Waals surface area contributed by atoms with Crippen LogP contribution in [0.3, 0.4) is 0 Å². The van der Waals surface area contributed by atoms with Crippen LogP contribution in [0.25, 0.3) is 0 Å². The Hall–Kier alpha value is -4.32. The summed E-state index contributed by atoms with van der Waals surface area (Å²) < 4.78 is 19.8. The van der Waals surface area contributed by atoms with Gasteiger partial charge in [0, 0.05) is 24.5 Å². The van der Waals surface area contributed by atoms with Gasteiger partial charge in [-0.15, -0.1) is 0 Å². The minimum Gasteiger partial charge on any atom is -0.481 e. The summed E-state index contributed by atoms with van der Waals surface area (Å²) in [5, 5.41) is 12.7. The van der Waals surface area contributed by atoms with Crippen molar-refractivity contribution >= 4 is 31.2 Å². The molecule has 6 N–H and O–H groups in total. The molecule has 13 nitrogen and oxygen atoms in total. The Morgan fingerprint density at radius 1 is 1.00 bits per heavy atom. The third-order valence-electron chi connectivity index (χ3n) is 9.50. The summed E-state index contributed by atoms with van der Waals surface area (Å²) in [6.07, 6.45) is 5.84. The van der Waals surface area contributed by atoms with Crippen LogP contribution in [0.1, 0.15) is 75.6 Å². The molecule has 1 saturated carbocycles. The number of hydrogen-bond acceptors (Lipinski definition) is 8. The van der Waals surface area contributed by atoms with E-state index in [1.165, 1.54) is 12.5 Å². The van der Waals surface area contributed by atoms with Gasteiger partial charge in [-0.3, -0.25) is 18.9 Å². The van der Waals surface area contributed by atoms with E-state index in [4.69, 9.17) is 10.5 Å². The summed E-state index contributed by atoms with van der Waals surface area (Å²) in [4.78, 5) is 74.2. The van der Waals surface area contributed by atoms with Gasteiger partial charge in [0.15, 0.2) is 0 Å². The van der Waals surface area contributed by atoms with Crippen LogP contribution in [0.15, 0.2) is 73.2 Å². The molecular weight excluding hydrogens is 685 g/mol. The quantitative estimate of drug-likeness (QED) is 0.104. The smallest absolute Gasteiger partial charge is 0.417 e. The fourth-order valence-corrected chi connectivity index (χ4v) is 8.94. The number of carbonyl (C=O) groups excluding carboxylic acids is 3. The molecule has 14 heteroatoms. The molecule has 0 bridgehead atoms. The highest BCUT2D eigenvalue weighted by Gasteiger charge is 2.43. The van der Waals surface area contributed by atoms with Gasteiger partial charge in [0.25, 0.3) is 0 Å². The van der Waals surface area contributed by atoms with E-state index in [-0.39, 0.29) is 44.1 Å². The number of rotatable bonds is 18. The van der Waals surface area contributed by atoms with Crippen LogP contribution in [-0.4, -0.2) is 72.8 Å². The van der Waals surface area contributed by atoms with Crippen molar-refractivity contribution in [3.8, 4) is 0 Å². The Kier molecular flexibility index (Phi) is 15.2. The molecular formula is C38H52N5O8P. The summed E-state index contributed by atoms with van der Waals surface area (Å²) in [5.74, 6) is -5.40. The molecule has 5 atom stereocenters. The average molecular weight is 738 g/mol. The summed E-state index contributed by atoms with van der Waals surface area (Å²) >= 11 is 0. The molecule has 1 aliphatic carbocycles. The van der Waals surface area contributed by atoms with E-state index in [0.717, 1.165) is 37.7 Å². The first-order chi connectivity index (χ1) is 24.8. The fourth-order valence-electron chi connectivity index (χ4n) is 6.79. The van der Waals surface area contributed by atoms with Crippen LogP contribution >= 0.6 is 7.37 Å². The highest BCUT2D eigenvalue weighted by molar-refractivity contribution is 7.58.